The molecule has 1 aromatic rings. The quantitative estimate of drug-likeness (QED) is 0.837. The molecule has 5 nitrogen and oxygen atoms in total. The van der Waals surface area contributed by atoms with Crippen molar-refractivity contribution in [3.8, 4) is 0 Å². The lowest BCUT2D eigenvalue weighted by Gasteiger charge is -2.13. The number of benzene rings is 1. The first-order valence-corrected chi connectivity index (χ1v) is 8.09. The summed E-state index contributed by atoms with van der Waals surface area (Å²) in [6, 6.07) is 1.71. The molecule has 0 amide bonds. The first-order chi connectivity index (χ1) is 9.85. The number of aliphatic hydroxyl groups is 1. The van der Waals surface area contributed by atoms with Gasteiger partial charge in [0.1, 0.15) is 10.7 Å². The summed E-state index contributed by atoms with van der Waals surface area (Å²) in [6.07, 6.45) is 0.868. The van der Waals surface area contributed by atoms with E-state index in [1.54, 1.807) is 0 Å². The molecule has 1 aliphatic rings. The van der Waals surface area contributed by atoms with Crippen LogP contribution in [-0.4, -0.2) is 45.1 Å². The molecule has 0 aromatic heterocycles. The number of nitrogens with one attached hydrogen (secondary N) is 1. The predicted octanol–water partition coefficient (Wildman–Crippen LogP) is 0.687. The molecule has 1 unspecified atom stereocenters. The first-order valence-electron chi connectivity index (χ1n) is 6.61. The van der Waals surface area contributed by atoms with Crippen molar-refractivity contribution in [1.29, 1.82) is 0 Å². The number of rotatable bonds is 5. The molecule has 8 heteroatoms. The second-order valence-electron chi connectivity index (χ2n) is 5.27. The number of nitrogens with zero attached hydrogens (tertiary/aromatic N) is 1. The average molecular weight is 320 g/mol. The maximum atomic E-state index is 14.0. The Morgan fingerprint density at radius 2 is 2.14 bits per heavy atom. The van der Waals surface area contributed by atoms with Gasteiger partial charge in [0.15, 0.2) is 5.82 Å². The zero-order valence-corrected chi connectivity index (χ0v) is 12.5. The lowest BCUT2D eigenvalue weighted by molar-refractivity contribution is 0.267. The fraction of sp³-hybridized carbons (Fsp3) is 0.538. The van der Waals surface area contributed by atoms with E-state index in [0.29, 0.717) is 0 Å². The maximum absolute atomic E-state index is 14.0. The zero-order chi connectivity index (χ0) is 15.6. The smallest absolute Gasteiger partial charge is 0.243 e. The Kier molecular flexibility index (Phi) is 4.92. The van der Waals surface area contributed by atoms with Crippen LogP contribution in [0.1, 0.15) is 12.0 Å². The molecule has 1 heterocycles. The van der Waals surface area contributed by atoms with E-state index in [1.165, 1.54) is 0 Å². The van der Waals surface area contributed by atoms with Crippen molar-refractivity contribution in [2.75, 3.05) is 26.7 Å². The van der Waals surface area contributed by atoms with Gasteiger partial charge >= 0.3 is 0 Å². The van der Waals surface area contributed by atoms with Crippen LogP contribution < -0.4 is 4.72 Å². The van der Waals surface area contributed by atoms with Crippen molar-refractivity contribution in [3.05, 3.63) is 29.3 Å². The van der Waals surface area contributed by atoms with E-state index in [4.69, 9.17) is 5.11 Å². The maximum Gasteiger partial charge on any atom is 0.243 e. The van der Waals surface area contributed by atoms with Gasteiger partial charge in [0.05, 0.1) is 12.2 Å². The fourth-order valence-electron chi connectivity index (χ4n) is 2.43. The summed E-state index contributed by atoms with van der Waals surface area (Å²) < 4.78 is 53.8. The standard InChI is InChI=1S/C13H18F2N2O3S/c1-17-5-4-9(7-17)6-16-21(19,20)12-3-2-11(14)10(8-18)13(12)15/h2-3,9,16,18H,4-8H2,1H3. The second kappa shape index (κ2) is 6.35. The molecule has 0 spiro atoms. The largest absolute Gasteiger partial charge is 0.391 e. The van der Waals surface area contributed by atoms with Gasteiger partial charge in [0, 0.05) is 13.1 Å². The average Bonchev–Trinajstić information content (AvgIpc) is 2.83. The van der Waals surface area contributed by atoms with E-state index in [1.807, 2.05) is 7.05 Å². The first kappa shape index (κ1) is 16.3. The lowest BCUT2D eigenvalue weighted by atomic mass is 10.1. The number of likely N-dealkylation sites (tertiary alicyclic amines) is 1. The molecular formula is C13H18F2N2O3S. The third-order valence-electron chi connectivity index (χ3n) is 3.65. The Bertz CT molecular complexity index is 622. The van der Waals surface area contributed by atoms with E-state index in [-0.39, 0.29) is 12.5 Å². The summed E-state index contributed by atoms with van der Waals surface area (Å²) in [4.78, 5) is 1.45. The summed E-state index contributed by atoms with van der Waals surface area (Å²) in [5, 5.41) is 8.92. The van der Waals surface area contributed by atoms with Gasteiger partial charge in [0.2, 0.25) is 10.0 Å². The molecule has 1 atom stereocenters. The van der Waals surface area contributed by atoms with Gasteiger partial charge in [-0.2, -0.15) is 0 Å². The minimum atomic E-state index is -4.07. The minimum Gasteiger partial charge on any atom is -0.391 e. The van der Waals surface area contributed by atoms with Crippen molar-refractivity contribution in [2.24, 2.45) is 5.92 Å². The van der Waals surface area contributed by atoms with Crippen molar-refractivity contribution < 1.29 is 22.3 Å². The van der Waals surface area contributed by atoms with Gasteiger partial charge in [-0.05, 0) is 38.1 Å². The van der Waals surface area contributed by atoms with Crippen LogP contribution in [0.5, 0.6) is 0 Å². The van der Waals surface area contributed by atoms with Crippen molar-refractivity contribution in [1.82, 2.24) is 9.62 Å². The summed E-state index contributed by atoms with van der Waals surface area (Å²) in [5.74, 6) is -2.04. The number of hydrogen-bond donors (Lipinski definition) is 2. The van der Waals surface area contributed by atoms with Crippen LogP contribution in [0, 0.1) is 17.6 Å². The van der Waals surface area contributed by atoms with Gasteiger partial charge < -0.3 is 10.0 Å². The summed E-state index contributed by atoms with van der Waals surface area (Å²) >= 11 is 0. The second-order valence-corrected chi connectivity index (χ2v) is 7.00. The van der Waals surface area contributed by atoms with Crippen molar-refractivity contribution in [3.63, 3.8) is 0 Å². The molecule has 0 saturated carbocycles. The zero-order valence-electron chi connectivity index (χ0n) is 11.6. The van der Waals surface area contributed by atoms with E-state index in [9.17, 15) is 17.2 Å². The molecule has 1 aromatic carbocycles. The number of aliphatic hydroxyl groups excluding tert-OH is 1. The molecule has 21 heavy (non-hydrogen) atoms. The monoisotopic (exact) mass is 320 g/mol. The summed E-state index contributed by atoms with van der Waals surface area (Å²) in [7, 11) is -2.12. The van der Waals surface area contributed by atoms with Crippen LogP contribution in [0.15, 0.2) is 17.0 Å². The Labute approximate surface area is 122 Å². The minimum absolute atomic E-state index is 0.172. The van der Waals surface area contributed by atoms with Gasteiger partial charge in [0.25, 0.3) is 0 Å². The lowest BCUT2D eigenvalue weighted by Crippen LogP contribution is -2.31. The van der Waals surface area contributed by atoms with Gasteiger partial charge in [-0.15, -0.1) is 0 Å². The fourth-order valence-corrected chi connectivity index (χ4v) is 3.64. The van der Waals surface area contributed by atoms with Crippen LogP contribution in [0.3, 0.4) is 0 Å². The molecule has 0 radical (unpaired) electrons. The highest BCUT2D eigenvalue weighted by Crippen LogP contribution is 2.21. The number of halogens is 2. The Morgan fingerprint density at radius 1 is 1.43 bits per heavy atom. The molecule has 2 N–H and O–H groups in total. The third-order valence-corrected chi connectivity index (χ3v) is 5.09. The van der Waals surface area contributed by atoms with Crippen LogP contribution >= 0.6 is 0 Å². The van der Waals surface area contributed by atoms with E-state index in [2.05, 4.69) is 9.62 Å². The highest BCUT2D eigenvalue weighted by molar-refractivity contribution is 7.89. The topological polar surface area (TPSA) is 69.6 Å². The summed E-state index contributed by atoms with van der Waals surface area (Å²) in [6.45, 7) is 0.981. The van der Waals surface area contributed by atoms with Gasteiger partial charge in [-0.1, -0.05) is 0 Å². The van der Waals surface area contributed by atoms with Gasteiger partial charge in [-0.3, -0.25) is 0 Å². The molecule has 0 aliphatic carbocycles. The van der Waals surface area contributed by atoms with E-state index >= 15 is 0 Å². The van der Waals surface area contributed by atoms with E-state index < -0.39 is 38.7 Å². The molecule has 1 aliphatic heterocycles. The Hall–Kier alpha value is -1.09. The Balaban J connectivity index is 2.16. The molecule has 1 fully saturated rings. The Morgan fingerprint density at radius 3 is 2.71 bits per heavy atom. The number of hydrogen-bond acceptors (Lipinski definition) is 4. The van der Waals surface area contributed by atoms with Gasteiger partial charge in [-0.25, -0.2) is 21.9 Å². The molecule has 0 bridgehead atoms. The van der Waals surface area contributed by atoms with Crippen LogP contribution in [-0.2, 0) is 16.6 Å². The molecule has 2 rings (SSSR count). The molecule has 118 valence electrons. The highest BCUT2D eigenvalue weighted by atomic mass is 32.2. The van der Waals surface area contributed by atoms with Crippen LogP contribution in [0.4, 0.5) is 8.78 Å². The van der Waals surface area contributed by atoms with Crippen LogP contribution in [0.2, 0.25) is 0 Å². The normalized spacial score (nSPS) is 20.1. The van der Waals surface area contributed by atoms with Crippen molar-refractivity contribution >= 4 is 10.0 Å². The highest BCUT2D eigenvalue weighted by Gasteiger charge is 2.26. The SMILES string of the molecule is CN1CCC(CNS(=O)(=O)c2ccc(F)c(CO)c2F)C1. The van der Waals surface area contributed by atoms with Crippen molar-refractivity contribution in [2.45, 2.75) is 17.9 Å². The van der Waals surface area contributed by atoms with E-state index in [0.717, 1.165) is 31.6 Å². The molecule has 1 saturated heterocycles. The third kappa shape index (κ3) is 3.57. The number of sulfonamides is 1. The molecular weight excluding hydrogens is 302 g/mol. The summed E-state index contributed by atoms with van der Waals surface area (Å²) in [5.41, 5.74) is -0.640. The predicted molar refractivity (Wildman–Crippen MR) is 73.1 cm³/mol. The van der Waals surface area contributed by atoms with Crippen LogP contribution in [0.25, 0.3) is 0 Å².